The van der Waals surface area contributed by atoms with Crippen LogP contribution in [0.4, 0.5) is 4.39 Å². The van der Waals surface area contributed by atoms with Gasteiger partial charge in [0.05, 0.1) is 5.69 Å². The summed E-state index contributed by atoms with van der Waals surface area (Å²) in [5.74, 6) is 0.628. The Morgan fingerprint density at radius 1 is 1.29 bits per heavy atom. The molecule has 0 spiro atoms. The van der Waals surface area contributed by atoms with Crippen LogP contribution in [-0.4, -0.2) is 15.7 Å². The Kier molecular flexibility index (Phi) is 5.80. The first-order valence-electron chi connectivity index (χ1n) is 7.46. The molecule has 0 N–H and O–H groups in total. The molecule has 0 bridgehead atoms. The van der Waals surface area contributed by atoms with Gasteiger partial charge in [0, 0.05) is 18.1 Å². The molecule has 1 aromatic carbocycles. The Bertz CT molecular complexity index is 567. The average Bonchev–Trinajstić information content (AvgIpc) is 2.94. The summed E-state index contributed by atoms with van der Waals surface area (Å²) in [5.41, 5.74) is 2.04. The summed E-state index contributed by atoms with van der Waals surface area (Å²) in [7, 11) is 0. The number of aromatic nitrogens is 2. The summed E-state index contributed by atoms with van der Waals surface area (Å²) in [4.78, 5) is 0. The van der Waals surface area contributed by atoms with Crippen LogP contribution < -0.4 is 0 Å². The first-order chi connectivity index (χ1) is 10.1. The van der Waals surface area contributed by atoms with E-state index in [9.17, 15) is 4.39 Å². The lowest BCUT2D eigenvalue weighted by Crippen LogP contribution is -2.12. The monoisotopic (exact) mass is 308 g/mol. The van der Waals surface area contributed by atoms with E-state index < -0.39 is 0 Å². The SMILES string of the molecule is CCC(C)n1ccc(CC(CCl)Cc2cccc(F)c2)n1. The molecular formula is C17H22ClFN2. The normalized spacial score (nSPS) is 14.1. The number of alkyl halides is 1. The van der Waals surface area contributed by atoms with Gasteiger partial charge in [0.2, 0.25) is 0 Å². The van der Waals surface area contributed by atoms with E-state index >= 15 is 0 Å². The van der Waals surface area contributed by atoms with E-state index in [-0.39, 0.29) is 11.7 Å². The number of hydrogen-bond acceptors (Lipinski definition) is 1. The molecule has 2 aromatic rings. The van der Waals surface area contributed by atoms with Crippen molar-refractivity contribution in [3.63, 3.8) is 0 Å². The van der Waals surface area contributed by atoms with E-state index in [1.54, 1.807) is 12.1 Å². The third-order valence-corrected chi connectivity index (χ3v) is 4.27. The van der Waals surface area contributed by atoms with Crippen molar-refractivity contribution in [3.05, 3.63) is 53.6 Å². The van der Waals surface area contributed by atoms with Crippen molar-refractivity contribution in [1.29, 1.82) is 0 Å². The standard InChI is InChI=1S/C17H22ClFN2/c1-3-13(2)21-8-7-17(20-21)11-15(12-18)9-14-5-4-6-16(19)10-14/h4-8,10,13,15H,3,9,11-12H2,1-2H3. The molecule has 21 heavy (non-hydrogen) atoms. The zero-order valence-corrected chi connectivity index (χ0v) is 13.4. The molecule has 0 aliphatic carbocycles. The number of rotatable bonds is 7. The van der Waals surface area contributed by atoms with Crippen LogP contribution in [0.3, 0.4) is 0 Å². The van der Waals surface area contributed by atoms with Crippen LogP contribution >= 0.6 is 11.6 Å². The molecule has 0 saturated carbocycles. The minimum absolute atomic E-state index is 0.193. The van der Waals surface area contributed by atoms with Crippen LogP contribution in [0.25, 0.3) is 0 Å². The predicted molar refractivity (Wildman–Crippen MR) is 85.2 cm³/mol. The fraction of sp³-hybridized carbons (Fsp3) is 0.471. The second-order valence-electron chi connectivity index (χ2n) is 5.60. The van der Waals surface area contributed by atoms with Crippen LogP contribution in [0.5, 0.6) is 0 Å². The Balaban J connectivity index is 2.00. The molecule has 4 heteroatoms. The summed E-state index contributed by atoms with van der Waals surface area (Å²) < 4.78 is 15.2. The molecule has 1 aromatic heterocycles. The summed E-state index contributed by atoms with van der Waals surface area (Å²) in [6.07, 6.45) is 4.68. The molecule has 0 aliphatic heterocycles. The van der Waals surface area contributed by atoms with Gasteiger partial charge in [0.15, 0.2) is 0 Å². The average molecular weight is 309 g/mol. The van der Waals surface area contributed by atoms with E-state index in [0.717, 1.165) is 30.5 Å². The van der Waals surface area contributed by atoms with Crippen molar-refractivity contribution < 1.29 is 4.39 Å². The number of halogens is 2. The second-order valence-corrected chi connectivity index (χ2v) is 5.91. The molecule has 2 nitrogen and oxygen atoms in total. The van der Waals surface area contributed by atoms with Gasteiger partial charge in [0.1, 0.15) is 5.82 Å². The lowest BCUT2D eigenvalue weighted by molar-refractivity contribution is 0.467. The molecule has 0 radical (unpaired) electrons. The minimum atomic E-state index is -0.193. The van der Waals surface area contributed by atoms with E-state index in [1.165, 1.54) is 6.07 Å². The Labute approximate surface area is 130 Å². The lowest BCUT2D eigenvalue weighted by atomic mass is 9.96. The molecule has 0 amide bonds. The minimum Gasteiger partial charge on any atom is -0.270 e. The zero-order chi connectivity index (χ0) is 15.2. The van der Waals surface area contributed by atoms with E-state index in [1.807, 2.05) is 16.9 Å². The van der Waals surface area contributed by atoms with Gasteiger partial charge in [-0.2, -0.15) is 5.10 Å². The number of nitrogens with zero attached hydrogens (tertiary/aromatic N) is 2. The largest absolute Gasteiger partial charge is 0.270 e. The molecule has 0 fully saturated rings. The summed E-state index contributed by atoms with van der Waals surface area (Å²) >= 11 is 6.08. The fourth-order valence-corrected chi connectivity index (χ4v) is 2.61. The van der Waals surface area contributed by atoms with E-state index in [4.69, 9.17) is 11.6 Å². The van der Waals surface area contributed by atoms with Crippen molar-refractivity contribution in [3.8, 4) is 0 Å². The van der Waals surface area contributed by atoms with Crippen molar-refractivity contribution in [2.45, 2.75) is 39.2 Å². The highest BCUT2D eigenvalue weighted by molar-refractivity contribution is 6.18. The lowest BCUT2D eigenvalue weighted by Gasteiger charge is -2.13. The third-order valence-electron chi connectivity index (χ3n) is 3.84. The van der Waals surface area contributed by atoms with Crippen LogP contribution in [-0.2, 0) is 12.8 Å². The highest BCUT2D eigenvalue weighted by atomic mass is 35.5. The van der Waals surface area contributed by atoms with Gasteiger partial charge in [0.25, 0.3) is 0 Å². The summed E-state index contributed by atoms with van der Waals surface area (Å²) in [6.45, 7) is 4.31. The van der Waals surface area contributed by atoms with Gasteiger partial charge in [-0.05, 0) is 55.9 Å². The van der Waals surface area contributed by atoms with Gasteiger partial charge in [-0.25, -0.2) is 4.39 Å². The molecule has 0 saturated heterocycles. The maximum Gasteiger partial charge on any atom is 0.123 e. The van der Waals surface area contributed by atoms with Gasteiger partial charge in [-0.1, -0.05) is 19.1 Å². The van der Waals surface area contributed by atoms with Gasteiger partial charge in [-0.15, -0.1) is 11.6 Å². The van der Waals surface area contributed by atoms with Crippen molar-refractivity contribution in [2.75, 3.05) is 5.88 Å². The highest BCUT2D eigenvalue weighted by Crippen LogP contribution is 2.17. The molecule has 2 rings (SSSR count). The smallest absolute Gasteiger partial charge is 0.123 e. The Morgan fingerprint density at radius 2 is 2.10 bits per heavy atom. The van der Waals surface area contributed by atoms with Crippen LogP contribution in [0.2, 0.25) is 0 Å². The summed E-state index contributed by atoms with van der Waals surface area (Å²) in [5, 5.41) is 4.61. The first-order valence-corrected chi connectivity index (χ1v) is 8.00. The maximum absolute atomic E-state index is 13.2. The fourth-order valence-electron chi connectivity index (χ4n) is 2.39. The first kappa shape index (κ1) is 16.0. The number of benzene rings is 1. The molecule has 2 atom stereocenters. The van der Waals surface area contributed by atoms with E-state index in [2.05, 4.69) is 25.0 Å². The predicted octanol–water partition coefficient (Wildman–Crippen LogP) is 4.63. The highest BCUT2D eigenvalue weighted by Gasteiger charge is 2.13. The topological polar surface area (TPSA) is 17.8 Å². The molecule has 1 heterocycles. The third kappa shape index (κ3) is 4.57. The quantitative estimate of drug-likeness (QED) is 0.682. The van der Waals surface area contributed by atoms with Gasteiger partial charge in [-0.3, -0.25) is 4.68 Å². The van der Waals surface area contributed by atoms with Crippen LogP contribution in [0.1, 0.15) is 37.6 Å². The second kappa shape index (κ2) is 7.60. The number of hydrogen-bond donors (Lipinski definition) is 0. The van der Waals surface area contributed by atoms with Crippen LogP contribution in [0.15, 0.2) is 36.5 Å². The molecule has 2 unspecified atom stereocenters. The van der Waals surface area contributed by atoms with Gasteiger partial charge >= 0.3 is 0 Å². The van der Waals surface area contributed by atoms with Crippen molar-refractivity contribution in [2.24, 2.45) is 5.92 Å². The Hall–Kier alpha value is -1.35. The molecule has 0 aliphatic rings. The van der Waals surface area contributed by atoms with Crippen molar-refractivity contribution in [1.82, 2.24) is 9.78 Å². The Morgan fingerprint density at radius 3 is 2.76 bits per heavy atom. The van der Waals surface area contributed by atoms with Gasteiger partial charge < -0.3 is 0 Å². The van der Waals surface area contributed by atoms with Crippen molar-refractivity contribution >= 4 is 11.6 Å². The zero-order valence-electron chi connectivity index (χ0n) is 12.6. The molecular weight excluding hydrogens is 287 g/mol. The van der Waals surface area contributed by atoms with Crippen LogP contribution in [0, 0.1) is 11.7 Å². The maximum atomic E-state index is 13.2. The summed E-state index contributed by atoms with van der Waals surface area (Å²) in [6, 6.07) is 9.20. The molecule has 114 valence electrons. The van der Waals surface area contributed by atoms with E-state index in [0.29, 0.717) is 11.9 Å².